The summed E-state index contributed by atoms with van der Waals surface area (Å²) < 4.78 is 16.7. The van der Waals surface area contributed by atoms with E-state index in [2.05, 4.69) is 4.90 Å². The number of methoxy groups -OCH3 is 1. The molecule has 0 saturated carbocycles. The molecule has 0 spiro atoms. The molecule has 0 radical (unpaired) electrons. The number of carbonyl (C=O) groups is 2. The normalized spacial score (nSPS) is 15.0. The minimum Gasteiger partial charge on any atom is -0.502 e. The number of hydrogen-bond donors (Lipinski definition) is 2. The van der Waals surface area contributed by atoms with E-state index in [4.69, 9.17) is 19.3 Å². The minimum absolute atomic E-state index is 0.0507. The van der Waals surface area contributed by atoms with E-state index in [9.17, 15) is 19.5 Å². The Labute approximate surface area is 202 Å². The summed E-state index contributed by atoms with van der Waals surface area (Å²) in [6, 6.07) is 11.3. The molecule has 184 valence electrons. The molecular weight excluding hydrogens is 452 g/mol. The fourth-order valence-corrected chi connectivity index (χ4v) is 4.31. The van der Waals surface area contributed by atoms with Gasteiger partial charge in [-0.1, -0.05) is 18.6 Å². The number of esters is 1. The van der Waals surface area contributed by atoms with Crippen molar-refractivity contribution in [3.8, 4) is 17.1 Å². The van der Waals surface area contributed by atoms with Gasteiger partial charge in [0.2, 0.25) is 17.1 Å². The Morgan fingerprint density at radius 2 is 1.80 bits per heavy atom. The summed E-state index contributed by atoms with van der Waals surface area (Å²) in [5.41, 5.74) is 5.98. The van der Waals surface area contributed by atoms with Gasteiger partial charge in [0.1, 0.15) is 17.3 Å². The van der Waals surface area contributed by atoms with E-state index < -0.39 is 29.0 Å². The first-order chi connectivity index (χ1) is 16.9. The van der Waals surface area contributed by atoms with E-state index in [-0.39, 0.29) is 12.2 Å². The predicted molar refractivity (Wildman–Crippen MR) is 127 cm³/mol. The third kappa shape index (κ3) is 5.63. The Kier molecular flexibility index (Phi) is 7.36. The highest BCUT2D eigenvalue weighted by molar-refractivity contribution is 5.89. The third-order valence-electron chi connectivity index (χ3n) is 6.11. The topological polar surface area (TPSA) is 136 Å². The van der Waals surface area contributed by atoms with Gasteiger partial charge in [-0.05, 0) is 50.2 Å². The summed E-state index contributed by atoms with van der Waals surface area (Å²) in [4.78, 5) is 38.3. The van der Waals surface area contributed by atoms with Gasteiger partial charge in [0.05, 0.1) is 25.1 Å². The van der Waals surface area contributed by atoms with Gasteiger partial charge in [-0.15, -0.1) is 0 Å². The van der Waals surface area contributed by atoms with Crippen LogP contribution in [0.1, 0.15) is 59.2 Å². The second kappa shape index (κ2) is 10.6. The first-order valence-electron chi connectivity index (χ1n) is 11.5. The molecule has 3 N–H and O–H groups in total. The number of piperidine rings is 1. The van der Waals surface area contributed by atoms with Crippen molar-refractivity contribution in [2.45, 2.75) is 38.1 Å². The van der Waals surface area contributed by atoms with Crippen LogP contribution < -0.4 is 11.2 Å². The third-order valence-corrected chi connectivity index (χ3v) is 6.11. The fourth-order valence-electron chi connectivity index (χ4n) is 4.31. The zero-order chi connectivity index (χ0) is 24.9. The number of carbonyl (C=O) groups excluding carboxylic acids is 2. The summed E-state index contributed by atoms with van der Waals surface area (Å²) >= 11 is 0. The van der Waals surface area contributed by atoms with E-state index in [0.29, 0.717) is 35.0 Å². The number of benzene rings is 1. The Balaban J connectivity index is 1.66. The molecule has 1 unspecified atom stereocenters. The molecule has 3 aromatic rings. The number of rotatable bonds is 8. The number of nitrogens with two attached hydrogens (primary N) is 1. The highest BCUT2D eigenvalue weighted by Gasteiger charge is 2.28. The van der Waals surface area contributed by atoms with Crippen LogP contribution in [-0.2, 0) is 16.1 Å². The van der Waals surface area contributed by atoms with E-state index in [0.717, 1.165) is 25.9 Å². The quantitative estimate of drug-likeness (QED) is 0.468. The van der Waals surface area contributed by atoms with Crippen molar-refractivity contribution in [2.24, 2.45) is 5.73 Å². The monoisotopic (exact) mass is 480 g/mol. The van der Waals surface area contributed by atoms with Gasteiger partial charge in [0, 0.05) is 18.1 Å². The van der Waals surface area contributed by atoms with Gasteiger partial charge in [-0.25, -0.2) is 4.79 Å². The number of ether oxygens (including phenoxy) is 1. The van der Waals surface area contributed by atoms with Crippen LogP contribution in [0.15, 0.2) is 56.1 Å². The van der Waals surface area contributed by atoms with Crippen molar-refractivity contribution < 1.29 is 28.3 Å². The van der Waals surface area contributed by atoms with E-state index in [1.807, 2.05) is 0 Å². The van der Waals surface area contributed by atoms with Crippen LogP contribution >= 0.6 is 0 Å². The highest BCUT2D eigenvalue weighted by Crippen LogP contribution is 2.36. The van der Waals surface area contributed by atoms with E-state index >= 15 is 0 Å². The number of furan rings is 1. The predicted octanol–water partition coefficient (Wildman–Crippen LogP) is 3.39. The van der Waals surface area contributed by atoms with Crippen LogP contribution in [0.2, 0.25) is 0 Å². The molecule has 1 aliphatic heterocycles. The zero-order valence-corrected chi connectivity index (χ0v) is 19.5. The number of primary amides is 1. The van der Waals surface area contributed by atoms with Gasteiger partial charge in [-0.2, -0.15) is 0 Å². The standard InChI is InChI=1S/C26H28N2O7/c1-33-26(32)17-7-5-16(6-8-17)21-9-10-22(35-21)19(14-23(27)30)25-24(31)20(29)13-18(34-25)15-28-11-3-2-4-12-28/h5-10,13,19,31H,2-4,11-12,14-15H2,1H3,(H2,27,30). The number of amides is 1. The van der Waals surface area contributed by atoms with Crippen LogP contribution in [0.5, 0.6) is 5.75 Å². The lowest BCUT2D eigenvalue weighted by molar-refractivity contribution is -0.118. The Hall–Kier alpha value is -3.85. The minimum atomic E-state index is -0.885. The van der Waals surface area contributed by atoms with Crippen LogP contribution in [0.3, 0.4) is 0 Å². The average Bonchev–Trinajstić information content (AvgIpc) is 3.35. The van der Waals surface area contributed by atoms with Gasteiger partial charge in [0.25, 0.3) is 0 Å². The first-order valence-corrected chi connectivity index (χ1v) is 11.5. The first kappa shape index (κ1) is 24.3. The van der Waals surface area contributed by atoms with E-state index in [1.54, 1.807) is 36.4 Å². The summed E-state index contributed by atoms with van der Waals surface area (Å²) in [5.74, 6) is -1.41. The van der Waals surface area contributed by atoms with Gasteiger partial charge in [0.15, 0.2) is 5.76 Å². The summed E-state index contributed by atoms with van der Waals surface area (Å²) in [7, 11) is 1.31. The molecule has 1 atom stereocenters. The summed E-state index contributed by atoms with van der Waals surface area (Å²) in [6.45, 7) is 2.24. The van der Waals surface area contributed by atoms with Crippen molar-refractivity contribution >= 4 is 11.9 Å². The lowest BCUT2D eigenvalue weighted by Crippen LogP contribution is -2.29. The molecule has 9 nitrogen and oxygen atoms in total. The second-order valence-corrected chi connectivity index (χ2v) is 8.62. The molecule has 1 saturated heterocycles. The molecule has 1 aliphatic rings. The molecule has 9 heteroatoms. The largest absolute Gasteiger partial charge is 0.502 e. The van der Waals surface area contributed by atoms with Crippen molar-refractivity contribution in [1.82, 2.24) is 4.90 Å². The zero-order valence-electron chi connectivity index (χ0n) is 19.5. The van der Waals surface area contributed by atoms with Crippen molar-refractivity contribution in [3.63, 3.8) is 0 Å². The average molecular weight is 481 g/mol. The molecular formula is C26H28N2O7. The van der Waals surface area contributed by atoms with Crippen LogP contribution in [0.25, 0.3) is 11.3 Å². The molecule has 4 rings (SSSR count). The van der Waals surface area contributed by atoms with Gasteiger partial charge >= 0.3 is 5.97 Å². The van der Waals surface area contributed by atoms with Crippen LogP contribution in [0.4, 0.5) is 0 Å². The van der Waals surface area contributed by atoms with Crippen molar-refractivity contribution in [3.05, 3.63) is 75.5 Å². The smallest absolute Gasteiger partial charge is 0.337 e. The van der Waals surface area contributed by atoms with Gasteiger partial charge in [-0.3, -0.25) is 14.5 Å². The molecule has 1 amide bonds. The fraction of sp³-hybridized carbons (Fsp3) is 0.346. The summed E-state index contributed by atoms with van der Waals surface area (Å²) in [6.07, 6.45) is 3.11. The molecule has 2 aromatic heterocycles. The number of likely N-dealkylation sites (tertiary alicyclic amines) is 1. The molecule has 35 heavy (non-hydrogen) atoms. The number of hydrogen-bond acceptors (Lipinski definition) is 8. The van der Waals surface area contributed by atoms with Crippen LogP contribution in [-0.4, -0.2) is 42.1 Å². The molecule has 1 aromatic carbocycles. The molecule has 0 aliphatic carbocycles. The maximum Gasteiger partial charge on any atom is 0.337 e. The Morgan fingerprint density at radius 1 is 1.09 bits per heavy atom. The SMILES string of the molecule is COC(=O)c1ccc(-c2ccc(C(CC(N)=O)c3oc(CN4CCCCC4)cc(=O)c3O)o2)cc1. The second-order valence-electron chi connectivity index (χ2n) is 8.62. The van der Waals surface area contributed by atoms with Gasteiger partial charge < -0.3 is 24.4 Å². The maximum atomic E-state index is 12.5. The van der Waals surface area contributed by atoms with E-state index in [1.165, 1.54) is 19.6 Å². The maximum absolute atomic E-state index is 12.5. The van der Waals surface area contributed by atoms with Crippen molar-refractivity contribution in [1.29, 1.82) is 0 Å². The molecule has 3 heterocycles. The number of aromatic hydroxyl groups is 1. The lowest BCUT2D eigenvalue weighted by atomic mass is 9.97. The van der Waals surface area contributed by atoms with Crippen LogP contribution in [0, 0.1) is 0 Å². The number of nitrogens with zero attached hydrogens (tertiary/aromatic N) is 1. The lowest BCUT2D eigenvalue weighted by Gasteiger charge is -2.26. The molecule has 0 bridgehead atoms. The Morgan fingerprint density at radius 3 is 2.46 bits per heavy atom. The Bertz CT molecular complexity index is 1250. The highest BCUT2D eigenvalue weighted by atomic mass is 16.5. The van der Waals surface area contributed by atoms with Crippen molar-refractivity contribution in [2.75, 3.05) is 20.2 Å². The molecule has 1 fully saturated rings. The summed E-state index contributed by atoms with van der Waals surface area (Å²) in [5, 5.41) is 10.5.